The standard InChI is InChI=1S/C28H20ClF3N8/c1-14-6-7-16(28(30,31)32)11-22(14)39-25-17-4-3-5-21(19(17)10-15(2)37-25)38-26-20(12-34-27(29)40-26)23-18-8-9-33-24(18)36-13-35-23/h3-13H,1-2H3,(H,37,39)(H,33,35,36)(H,34,38,40). The molecule has 6 rings (SSSR count). The molecule has 0 amide bonds. The van der Waals surface area contributed by atoms with Gasteiger partial charge < -0.3 is 15.6 Å². The average molecular weight is 561 g/mol. The fourth-order valence-electron chi connectivity index (χ4n) is 4.51. The first-order valence-corrected chi connectivity index (χ1v) is 12.5. The van der Waals surface area contributed by atoms with Crippen molar-refractivity contribution in [2.75, 3.05) is 10.6 Å². The Hall–Kier alpha value is -4.77. The molecule has 200 valence electrons. The molecule has 0 aliphatic heterocycles. The van der Waals surface area contributed by atoms with Crippen LogP contribution in [0.2, 0.25) is 5.28 Å². The van der Waals surface area contributed by atoms with Crippen LogP contribution in [0.3, 0.4) is 0 Å². The number of aromatic nitrogens is 6. The summed E-state index contributed by atoms with van der Waals surface area (Å²) in [6.07, 6.45) is 0.352. The van der Waals surface area contributed by atoms with Crippen LogP contribution in [0.4, 0.5) is 36.2 Å². The number of pyridine rings is 1. The highest BCUT2D eigenvalue weighted by molar-refractivity contribution is 6.28. The van der Waals surface area contributed by atoms with Crippen molar-refractivity contribution in [2.45, 2.75) is 20.0 Å². The number of aromatic amines is 1. The molecule has 12 heteroatoms. The summed E-state index contributed by atoms with van der Waals surface area (Å²) in [5.41, 5.74) is 3.47. The molecule has 0 fully saturated rings. The van der Waals surface area contributed by atoms with Crippen LogP contribution in [0.15, 0.2) is 67.3 Å². The van der Waals surface area contributed by atoms with Gasteiger partial charge >= 0.3 is 6.18 Å². The van der Waals surface area contributed by atoms with E-state index in [9.17, 15) is 13.2 Å². The minimum absolute atomic E-state index is 0.0473. The van der Waals surface area contributed by atoms with Gasteiger partial charge in [-0.2, -0.15) is 18.2 Å². The van der Waals surface area contributed by atoms with Crippen LogP contribution < -0.4 is 10.6 Å². The Morgan fingerprint density at radius 1 is 0.825 bits per heavy atom. The molecule has 4 aromatic heterocycles. The molecule has 0 saturated heterocycles. The molecule has 4 heterocycles. The maximum Gasteiger partial charge on any atom is 0.416 e. The molecule has 0 bridgehead atoms. The van der Waals surface area contributed by atoms with Crippen molar-refractivity contribution in [3.8, 4) is 11.3 Å². The van der Waals surface area contributed by atoms with Crippen LogP contribution in [-0.2, 0) is 6.18 Å². The number of halogens is 4. The zero-order valence-electron chi connectivity index (χ0n) is 21.1. The van der Waals surface area contributed by atoms with Gasteiger partial charge in [0.25, 0.3) is 0 Å². The van der Waals surface area contributed by atoms with Gasteiger partial charge in [-0.3, -0.25) is 0 Å². The lowest BCUT2D eigenvalue weighted by molar-refractivity contribution is -0.137. The van der Waals surface area contributed by atoms with E-state index in [2.05, 4.69) is 40.5 Å². The number of rotatable bonds is 5. The molecule has 0 unspecified atom stereocenters. The van der Waals surface area contributed by atoms with Crippen LogP contribution in [0.5, 0.6) is 0 Å². The van der Waals surface area contributed by atoms with Crippen molar-refractivity contribution in [3.05, 3.63) is 89.4 Å². The number of hydrogen-bond donors (Lipinski definition) is 3. The number of hydrogen-bond acceptors (Lipinski definition) is 7. The van der Waals surface area contributed by atoms with Crippen LogP contribution in [-0.4, -0.2) is 29.9 Å². The summed E-state index contributed by atoms with van der Waals surface area (Å²) in [5.74, 6) is 0.846. The number of aryl methyl sites for hydroxylation is 2. The van der Waals surface area contributed by atoms with Crippen LogP contribution in [0.25, 0.3) is 33.1 Å². The van der Waals surface area contributed by atoms with Crippen LogP contribution >= 0.6 is 11.6 Å². The second-order valence-electron chi connectivity index (χ2n) is 9.15. The van der Waals surface area contributed by atoms with Crippen LogP contribution in [0.1, 0.15) is 16.8 Å². The summed E-state index contributed by atoms with van der Waals surface area (Å²) in [6.45, 7) is 3.55. The third-order valence-electron chi connectivity index (χ3n) is 6.44. The van der Waals surface area contributed by atoms with Gasteiger partial charge in [-0.15, -0.1) is 0 Å². The molecule has 0 atom stereocenters. The second-order valence-corrected chi connectivity index (χ2v) is 9.49. The third kappa shape index (κ3) is 4.75. The Morgan fingerprint density at radius 2 is 1.65 bits per heavy atom. The van der Waals surface area contributed by atoms with E-state index in [4.69, 9.17) is 11.6 Å². The summed E-state index contributed by atoms with van der Waals surface area (Å²) in [6, 6.07) is 12.9. The van der Waals surface area contributed by atoms with Crippen molar-refractivity contribution < 1.29 is 13.2 Å². The summed E-state index contributed by atoms with van der Waals surface area (Å²) >= 11 is 6.18. The zero-order chi connectivity index (χ0) is 28.0. The quantitative estimate of drug-likeness (QED) is 0.185. The van der Waals surface area contributed by atoms with Gasteiger partial charge in [-0.1, -0.05) is 18.2 Å². The number of fused-ring (bicyclic) bond motifs is 2. The normalized spacial score (nSPS) is 11.8. The maximum atomic E-state index is 13.4. The fraction of sp³-hybridized carbons (Fsp3) is 0.107. The van der Waals surface area contributed by atoms with E-state index < -0.39 is 11.7 Å². The molecule has 0 aliphatic rings. The van der Waals surface area contributed by atoms with Crippen molar-refractivity contribution >= 4 is 56.4 Å². The maximum absolute atomic E-state index is 13.4. The number of alkyl halides is 3. The Bertz CT molecular complexity index is 1900. The fourth-order valence-corrected chi connectivity index (χ4v) is 4.65. The van der Waals surface area contributed by atoms with Crippen molar-refractivity contribution in [2.24, 2.45) is 0 Å². The largest absolute Gasteiger partial charge is 0.416 e. The predicted octanol–water partition coefficient (Wildman–Crippen LogP) is 7.74. The van der Waals surface area contributed by atoms with E-state index in [1.165, 1.54) is 12.4 Å². The molecule has 8 nitrogen and oxygen atoms in total. The van der Waals surface area contributed by atoms with Gasteiger partial charge in [0.05, 0.1) is 16.8 Å². The van der Waals surface area contributed by atoms with E-state index in [-0.39, 0.29) is 5.28 Å². The van der Waals surface area contributed by atoms with Gasteiger partial charge in [0.15, 0.2) is 0 Å². The van der Waals surface area contributed by atoms with Crippen molar-refractivity contribution in [1.82, 2.24) is 29.9 Å². The van der Waals surface area contributed by atoms with Gasteiger partial charge in [-0.05, 0) is 61.3 Å². The molecule has 0 spiro atoms. The van der Waals surface area contributed by atoms with E-state index >= 15 is 0 Å². The first-order chi connectivity index (χ1) is 19.2. The zero-order valence-corrected chi connectivity index (χ0v) is 21.9. The Balaban J connectivity index is 1.45. The first kappa shape index (κ1) is 25.5. The first-order valence-electron chi connectivity index (χ1n) is 12.1. The van der Waals surface area contributed by atoms with Crippen molar-refractivity contribution in [3.63, 3.8) is 0 Å². The Kier molecular flexibility index (Phi) is 6.22. The summed E-state index contributed by atoms with van der Waals surface area (Å²) < 4.78 is 40.2. The lowest BCUT2D eigenvalue weighted by Crippen LogP contribution is -2.07. The second kappa shape index (κ2) is 9.76. The smallest absolute Gasteiger partial charge is 0.346 e. The average Bonchev–Trinajstić information content (AvgIpc) is 3.39. The summed E-state index contributed by atoms with van der Waals surface area (Å²) in [7, 11) is 0. The molecule has 2 aromatic carbocycles. The van der Waals surface area contributed by atoms with Gasteiger partial charge in [0, 0.05) is 45.6 Å². The number of nitrogens with zero attached hydrogens (tertiary/aromatic N) is 5. The van der Waals surface area contributed by atoms with Gasteiger partial charge in [0.1, 0.15) is 23.6 Å². The highest BCUT2D eigenvalue weighted by atomic mass is 35.5. The third-order valence-corrected chi connectivity index (χ3v) is 6.62. The van der Waals surface area contributed by atoms with E-state index in [1.807, 2.05) is 37.3 Å². The number of benzene rings is 2. The van der Waals surface area contributed by atoms with Crippen molar-refractivity contribution in [1.29, 1.82) is 0 Å². The Morgan fingerprint density at radius 3 is 2.48 bits per heavy atom. The van der Waals surface area contributed by atoms with E-state index in [0.717, 1.165) is 22.9 Å². The molecular formula is C28H20ClF3N8. The SMILES string of the molecule is Cc1cc2c(Nc3nc(Cl)ncc3-c3ncnc4[nH]ccc34)cccc2c(Nc2cc(C(F)(F)F)ccc2C)n1. The topological polar surface area (TPSA) is 104 Å². The lowest BCUT2D eigenvalue weighted by atomic mass is 10.1. The Labute approximate surface area is 230 Å². The highest BCUT2D eigenvalue weighted by Crippen LogP contribution is 2.37. The minimum atomic E-state index is -4.46. The lowest BCUT2D eigenvalue weighted by Gasteiger charge is -2.17. The molecule has 3 N–H and O–H groups in total. The molecule has 0 saturated carbocycles. The predicted molar refractivity (Wildman–Crippen MR) is 149 cm³/mol. The highest BCUT2D eigenvalue weighted by Gasteiger charge is 2.31. The number of nitrogens with one attached hydrogen (secondary N) is 3. The minimum Gasteiger partial charge on any atom is -0.346 e. The molecule has 0 radical (unpaired) electrons. The molecular weight excluding hydrogens is 541 g/mol. The van der Waals surface area contributed by atoms with Gasteiger partial charge in [0.2, 0.25) is 5.28 Å². The van der Waals surface area contributed by atoms with E-state index in [0.29, 0.717) is 56.6 Å². The van der Waals surface area contributed by atoms with Gasteiger partial charge in [-0.25, -0.2) is 19.9 Å². The van der Waals surface area contributed by atoms with Crippen LogP contribution in [0, 0.1) is 13.8 Å². The monoisotopic (exact) mass is 560 g/mol. The molecule has 6 aromatic rings. The number of H-pyrrole nitrogens is 1. The van der Waals surface area contributed by atoms with E-state index in [1.54, 1.807) is 19.3 Å². The molecule has 0 aliphatic carbocycles. The number of anilines is 4. The molecule has 40 heavy (non-hydrogen) atoms. The summed E-state index contributed by atoms with van der Waals surface area (Å²) in [5, 5.41) is 8.79. The summed E-state index contributed by atoms with van der Waals surface area (Å²) in [4.78, 5) is 25.0.